The Bertz CT molecular complexity index is 282. The second kappa shape index (κ2) is 9.61. The maximum absolute atomic E-state index is 11.8. The molecule has 0 radical (unpaired) electrons. The molecule has 19 heavy (non-hydrogen) atoms. The van der Waals surface area contributed by atoms with Gasteiger partial charge in [0.25, 0.3) is 0 Å². The van der Waals surface area contributed by atoms with Gasteiger partial charge in [0.1, 0.15) is 6.04 Å². The molecule has 0 aliphatic carbocycles. The van der Waals surface area contributed by atoms with Gasteiger partial charge in [0.05, 0.1) is 12.7 Å². The van der Waals surface area contributed by atoms with Crippen molar-refractivity contribution in [1.29, 1.82) is 0 Å². The highest BCUT2D eigenvalue weighted by Crippen LogP contribution is 2.02. The van der Waals surface area contributed by atoms with E-state index in [4.69, 9.17) is 9.84 Å². The van der Waals surface area contributed by atoms with Crippen molar-refractivity contribution < 1.29 is 19.4 Å². The molecule has 0 aromatic heterocycles. The Morgan fingerprint density at radius 3 is 2.47 bits per heavy atom. The number of aliphatic carboxylic acids is 1. The average Bonchev–Trinajstić information content (AvgIpc) is 2.33. The lowest BCUT2D eigenvalue weighted by atomic mass is 10.1. The summed E-state index contributed by atoms with van der Waals surface area (Å²) in [6.07, 6.45) is 2.25. The summed E-state index contributed by atoms with van der Waals surface area (Å²) in [4.78, 5) is 24.2. The first-order valence-electron chi connectivity index (χ1n) is 6.74. The van der Waals surface area contributed by atoms with Gasteiger partial charge in [-0.15, -0.1) is 0 Å². The van der Waals surface area contributed by atoms with Crippen molar-refractivity contribution in [2.24, 2.45) is 0 Å². The SMILES string of the molecule is CCCC[C@H](NC(=O)N(C)CCOC(C)C)C(=O)O. The largest absolute Gasteiger partial charge is 0.480 e. The lowest BCUT2D eigenvalue weighted by Gasteiger charge is -2.21. The van der Waals surface area contributed by atoms with Gasteiger partial charge in [-0.3, -0.25) is 0 Å². The summed E-state index contributed by atoms with van der Waals surface area (Å²) < 4.78 is 5.34. The van der Waals surface area contributed by atoms with Gasteiger partial charge < -0.3 is 20.1 Å². The average molecular weight is 274 g/mol. The number of carboxylic acids is 1. The number of urea groups is 1. The number of hydrogen-bond donors (Lipinski definition) is 2. The number of nitrogens with one attached hydrogen (secondary N) is 1. The predicted octanol–water partition coefficient (Wildman–Crippen LogP) is 1.70. The van der Waals surface area contributed by atoms with Crippen molar-refractivity contribution in [2.45, 2.75) is 52.2 Å². The first kappa shape index (κ1) is 17.7. The van der Waals surface area contributed by atoms with E-state index in [9.17, 15) is 9.59 Å². The van der Waals surface area contributed by atoms with Gasteiger partial charge in [-0.2, -0.15) is 0 Å². The summed E-state index contributed by atoms with van der Waals surface area (Å²) in [5.74, 6) is -0.992. The molecule has 6 heteroatoms. The zero-order valence-corrected chi connectivity index (χ0v) is 12.3. The summed E-state index contributed by atoms with van der Waals surface area (Å²) in [5.41, 5.74) is 0. The number of hydrogen-bond acceptors (Lipinski definition) is 3. The van der Waals surface area contributed by atoms with Crippen LogP contribution in [0.2, 0.25) is 0 Å². The Balaban J connectivity index is 4.12. The van der Waals surface area contributed by atoms with Crippen LogP contribution in [-0.2, 0) is 9.53 Å². The number of ether oxygens (including phenoxy) is 1. The van der Waals surface area contributed by atoms with Gasteiger partial charge in [-0.1, -0.05) is 19.8 Å². The van der Waals surface area contributed by atoms with E-state index >= 15 is 0 Å². The van der Waals surface area contributed by atoms with Gasteiger partial charge in [0.2, 0.25) is 0 Å². The van der Waals surface area contributed by atoms with Crippen LogP contribution in [0.3, 0.4) is 0 Å². The molecule has 0 saturated heterocycles. The van der Waals surface area contributed by atoms with Crippen LogP contribution < -0.4 is 5.32 Å². The van der Waals surface area contributed by atoms with Crippen molar-refractivity contribution in [3.05, 3.63) is 0 Å². The standard InChI is InChI=1S/C13H26N2O4/c1-5-6-7-11(12(16)17)14-13(18)15(4)8-9-19-10(2)3/h10-11H,5-9H2,1-4H3,(H,14,18)(H,16,17)/t11-/m0/s1. The fraction of sp³-hybridized carbons (Fsp3) is 0.846. The van der Waals surface area contributed by atoms with Crippen molar-refractivity contribution in [1.82, 2.24) is 10.2 Å². The number of carbonyl (C=O) groups excluding carboxylic acids is 1. The minimum atomic E-state index is -0.992. The molecule has 0 aromatic carbocycles. The molecule has 0 saturated carbocycles. The molecule has 0 aliphatic heterocycles. The summed E-state index contributed by atoms with van der Waals surface area (Å²) in [5, 5.41) is 11.5. The topological polar surface area (TPSA) is 78.9 Å². The third-order valence-corrected chi connectivity index (χ3v) is 2.67. The number of amides is 2. The van der Waals surface area contributed by atoms with Crippen LogP contribution in [0.15, 0.2) is 0 Å². The van der Waals surface area contributed by atoms with Gasteiger partial charge in [-0.25, -0.2) is 9.59 Å². The summed E-state index contributed by atoms with van der Waals surface area (Å²) in [6, 6.07) is -1.20. The number of carbonyl (C=O) groups is 2. The Kier molecular flexibility index (Phi) is 8.95. The van der Waals surface area contributed by atoms with Gasteiger partial charge in [-0.05, 0) is 20.3 Å². The number of likely N-dealkylation sites (N-methyl/N-ethyl adjacent to an activating group) is 1. The Hall–Kier alpha value is -1.30. The van der Waals surface area contributed by atoms with Crippen LogP contribution in [0.1, 0.15) is 40.0 Å². The minimum Gasteiger partial charge on any atom is -0.480 e. The Morgan fingerprint density at radius 2 is 2.00 bits per heavy atom. The van der Waals surface area contributed by atoms with Crippen molar-refractivity contribution >= 4 is 12.0 Å². The molecule has 112 valence electrons. The van der Waals surface area contributed by atoms with E-state index in [1.165, 1.54) is 4.90 Å². The number of unbranched alkanes of at least 4 members (excludes halogenated alkanes) is 1. The van der Waals surface area contributed by atoms with Crippen LogP contribution in [0, 0.1) is 0 Å². The quantitative estimate of drug-likeness (QED) is 0.670. The van der Waals surface area contributed by atoms with Crippen molar-refractivity contribution in [3.63, 3.8) is 0 Å². The predicted molar refractivity (Wildman–Crippen MR) is 73.2 cm³/mol. The number of rotatable bonds is 9. The van der Waals surface area contributed by atoms with E-state index < -0.39 is 12.0 Å². The summed E-state index contributed by atoms with van der Waals surface area (Å²) in [6.45, 7) is 6.70. The lowest BCUT2D eigenvalue weighted by Crippen LogP contribution is -2.47. The zero-order chi connectivity index (χ0) is 14.8. The van der Waals surface area contributed by atoms with Crippen molar-refractivity contribution in [2.75, 3.05) is 20.2 Å². The highest BCUT2D eigenvalue weighted by Gasteiger charge is 2.20. The molecule has 1 atom stereocenters. The smallest absolute Gasteiger partial charge is 0.326 e. The third-order valence-electron chi connectivity index (χ3n) is 2.67. The van der Waals surface area contributed by atoms with E-state index in [-0.39, 0.29) is 12.1 Å². The van der Waals surface area contributed by atoms with Crippen molar-refractivity contribution in [3.8, 4) is 0 Å². The van der Waals surface area contributed by atoms with Crippen LogP contribution >= 0.6 is 0 Å². The molecule has 6 nitrogen and oxygen atoms in total. The van der Waals surface area contributed by atoms with Gasteiger partial charge in [0, 0.05) is 13.6 Å². The van der Waals surface area contributed by atoms with Crippen LogP contribution in [-0.4, -0.2) is 54.4 Å². The Morgan fingerprint density at radius 1 is 1.37 bits per heavy atom. The molecule has 0 aromatic rings. The lowest BCUT2D eigenvalue weighted by molar-refractivity contribution is -0.139. The molecule has 0 rings (SSSR count). The van der Waals surface area contributed by atoms with Crippen LogP contribution in [0.25, 0.3) is 0 Å². The highest BCUT2D eigenvalue weighted by atomic mass is 16.5. The third kappa shape index (κ3) is 8.42. The maximum atomic E-state index is 11.8. The highest BCUT2D eigenvalue weighted by molar-refractivity contribution is 5.82. The van der Waals surface area contributed by atoms with E-state index in [0.29, 0.717) is 19.6 Å². The Labute approximate surface area is 115 Å². The fourth-order valence-corrected chi connectivity index (χ4v) is 1.45. The van der Waals surface area contributed by atoms with Crippen LogP contribution in [0.4, 0.5) is 4.79 Å². The molecule has 0 heterocycles. The van der Waals surface area contributed by atoms with Crippen LogP contribution in [0.5, 0.6) is 0 Å². The molecule has 0 aliphatic rings. The molecular formula is C13H26N2O4. The first-order chi connectivity index (χ1) is 8.88. The summed E-state index contributed by atoms with van der Waals surface area (Å²) in [7, 11) is 1.62. The number of carboxylic acid groups (broad SMARTS) is 1. The van der Waals surface area contributed by atoms with Gasteiger partial charge in [0.15, 0.2) is 0 Å². The van der Waals surface area contributed by atoms with E-state index in [1.54, 1.807) is 7.05 Å². The first-order valence-corrected chi connectivity index (χ1v) is 6.74. The maximum Gasteiger partial charge on any atom is 0.326 e. The van der Waals surface area contributed by atoms with Gasteiger partial charge >= 0.3 is 12.0 Å². The molecule has 2 amide bonds. The van der Waals surface area contributed by atoms with E-state index in [1.807, 2.05) is 20.8 Å². The monoisotopic (exact) mass is 274 g/mol. The number of nitrogens with zero attached hydrogens (tertiary/aromatic N) is 1. The molecule has 0 bridgehead atoms. The van der Waals surface area contributed by atoms with E-state index in [0.717, 1.165) is 12.8 Å². The molecule has 0 unspecified atom stereocenters. The molecule has 2 N–H and O–H groups in total. The minimum absolute atomic E-state index is 0.118. The molecule has 0 spiro atoms. The fourth-order valence-electron chi connectivity index (χ4n) is 1.45. The second-order valence-corrected chi connectivity index (χ2v) is 4.82. The zero-order valence-electron chi connectivity index (χ0n) is 12.3. The summed E-state index contributed by atoms with van der Waals surface area (Å²) >= 11 is 0. The molecule has 0 fully saturated rings. The second-order valence-electron chi connectivity index (χ2n) is 4.82. The molecular weight excluding hydrogens is 248 g/mol. The van der Waals surface area contributed by atoms with E-state index in [2.05, 4.69) is 5.32 Å². The normalized spacial score (nSPS) is 12.3.